The fourth-order valence-electron chi connectivity index (χ4n) is 3.03. The summed E-state index contributed by atoms with van der Waals surface area (Å²) in [6, 6.07) is 16.2. The molecule has 0 aromatic heterocycles. The minimum atomic E-state index is -3.86. The van der Waals surface area contributed by atoms with Crippen LogP contribution in [-0.2, 0) is 14.8 Å². The molecule has 3 aromatic rings. The zero-order valence-corrected chi connectivity index (χ0v) is 19.4. The van der Waals surface area contributed by atoms with Crippen LogP contribution in [0.4, 0.5) is 11.4 Å². The third-order valence-corrected chi connectivity index (χ3v) is 6.09. The maximum absolute atomic E-state index is 12.6. The molecule has 0 saturated heterocycles. The van der Waals surface area contributed by atoms with Crippen molar-refractivity contribution < 1.29 is 22.7 Å². The third-order valence-electron chi connectivity index (χ3n) is 4.42. The van der Waals surface area contributed by atoms with Crippen LogP contribution < -0.4 is 19.5 Å². The summed E-state index contributed by atoms with van der Waals surface area (Å²) in [5, 5.41) is 2.83. The molecule has 0 atom stereocenters. The van der Waals surface area contributed by atoms with Gasteiger partial charge in [0.1, 0.15) is 11.5 Å². The lowest BCUT2D eigenvalue weighted by molar-refractivity contribution is -0.118. The SMILES string of the molecule is COc1ccc(NS(=O)(=O)c2ccc(OCC(=O)Nc3cc(C)cc(C)c3)c(Cl)c2)cc1. The van der Waals surface area contributed by atoms with Crippen molar-refractivity contribution in [1.82, 2.24) is 0 Å². The number of carbonyl (C=O) groups excluding carboxylic acids is 1. The Bertz CT molecular complexity index is 1210. The molecule has 3 aromatic carbocycles. The zero-order valence-electron chi connectivity index (χ0n) is 17.8. The minimum Gasteiger partial charge on any atom is -0.497 e. The van der Waals surface area contributed by atoms with Crippen molar-refractivity contribution in [2.24, 2.45) is 0 Å². The van der Waals surface area contributed by atoms with E-state index >= 15 is 0 Å². The number of ether oxygens (including phenoxy) is 2. The topological polar surface area (TPSA) is 93.7 Å². The molecule has 7 nitrogen and oxygen atoms in total. The Morgan fingerprint density at radius 3 is 2.19 bits per heavy atom. The predicted molar refractivity (Wildman–Crippen MR) is 125 cm³/mol. The number of amides is 1. The highest BCUT2D eigenvalue weighted by Crippen LogP contribution is 2.28. The van der Waals surface area contributed by atoms with Gasteiger partial charge in [-0.15, -0.1) is 0 Å². The zero-order chi connectivity index (χ0) is 23.3. The summed E-state index contributed by atoms with van der Waals surface area (Å²) in [5.74, 6) is 0.452. The lowest BCUT2D eigenvalue weighted by Crippen LogP contribution is -2.20. The second-order valence-electron chi connectivity index (χ2n) is 7.14. The van der Waals surface area contributed by atoms with Gasteiger partial charge in [0.05, 0.1) is 17.0 Å². The first-order valence-electron chi connectivity index (χ1n) is 9.63. The predicted octanol–water partition coefficient (Wildman–Crippen LogP) is 4.78. The number of anilines is 2. The fourth-order valence-corrected chi connectivity index (χ4v) is 4.41. The standard InChI is InChI=1S/C23H23ClN2O5S/c1-15-10-16(2)12-18(11-15)25-23(27)14-31-22-9-8-20(13-21(22)24)32(28,29)26-17-4-6-19(30-3)7-5-17/h4-13,26H,14H2,1-3H3,(H,25,27). The van der Waals surface area contributed by atoms with Crippen molar-refractivity contribution in [2.75, 3.05) is 23.8 Å². The van der Waals surface area contributed by atoms with E-state index in [0.29, 0.717) is 17.1 Å². The van der Waals surface area contributed by atoms with E-state index in [2.05, 4.69) is 10.0 Å². The van der Waals surface area contributed by atoms with E-state index in [-0.39, 0.29) is 28.2 Å². The van der Waals surface area contributed by atoms with Gasteiger partial charge in [0.15, 0.2) is 6.61 Å². The normalized spacial score (nSPS) is 11.0. The molecule has 0 aliphatic rings. The molecule has 168 valence electrons. The van der Waals surface area contributed by atoms with Gasteiger partial charge in [0.25, 0.3) is 15.9 Å². The highest BCUT2D eigenvalue weighted by molar-refractivity contribution is 7.92. The van der Waals surface area contributed by atoms with Gasteiger partial charge in [0.2, 0.25) is 0 Å². The Hall–Kier alpha value is -3.23. The van der Waals surface area contributed by atoms with Gasteiger partial charge in [-0.05, 0) is 79.6 Å². The molecule has 0 spiro atoms. The molecule has 0 heterocycles. The van der Waals surface area contributed by atoms with Crippen LogP contribution in [-0.4, -0.2) is 28.0 Å². The van der Waals surface area contributed by atoms with Gasteiger partial charge in [-0.25, -0.2) is 8.42 Å². The van der Waals surface area contributed by atoms with E-state index in [4.69, 9.17) is 21.1 Å². The van der Waals surface area contributed by atoms with Crippen LogP contribution in [0.25, 0.3) is 0 Å². The largest absolute Gasteiger partial charge is 0.497 e. The van der Waals surface area contributed by atoms with Crippen LogP contribution in [0.3, 0.4) is 0 Å². The number of carbonyl (C=O) groups is 1. The number of hydrogen-bond acceptors (Lipinski definition) is 5. The van der Waals surface area contributed by atoms with Gasteiger partial charge >= 0.3 is 0 Å². The Labute approximate surface area is 192 Å². The van der Waals surface area contributed by atoms with Crippen LogP contribution in [0.1, 0.15) is 11.1 Å². The van der Waals surface area contributed by atoms with Gasteiger partial charge in [-0.1, -0.05) is 17.7 Å². The Morgan fingerprint density at radius 1 is 0.938 bits per heavy atom. The fraction of sp³-hybridized carbons (Fsp3) is 0.174. The second-order valence-corrected chi connectivity index (χ2v) is 9.23. The van der Waals surface area contributed by atoms with Crippen LogP contribution in [0, 0.1) is 13.8 Å². The maximum Gasteiger partial charge on any atom is 0.262 e. The summed E-state index contributed by atoms with van der Waals surface area (Å²) in [6.45, 7) is 3.61. The maximum atomic E-state index is 12.6. The average molecular weight is 475 g/mol. The molecule has 0 fully saturated rings. The molecular weight excluding hydrogens is 452 g/mol. The van der Waals surface area contributed by atoms with Crippen LogP contribution in [0.5, 0.6) is 11.5 Å². The summed E-state index contributed by atoms with van der Waals surface area (Å²) in [7, 11) is -2.34. The molecular formula is C23H23ClN2O5S. The minimum absolute atomic E-state index is 0.0367. The first-order valence-corrected chi connectivity index (χ1v) is 11.5. The molecule has 0 unspecified atom stereocenters. The summed E-state index contributed by atoms with van der Waals surface area (Å²) < 4.78 is 38.3. The van der Waals surface area contributed by atoms with E-state index in [1.807, 2.05) is 32.0 Å². The molecule has 1 amide bonds. The number of rotatable bonds is 8. The molecule has 0 aliphatic heterocycles. The molecule has 3 rings (SSSR count). The van der Waals surface area contributed by atoms with Crippen molar-refractivity contribution in [2.45, 2.75) is 18.7 Å². The van der Waals surface area contributed by atoms with Gasteiger partial charge < -0.3 is 14.8 Å². The number of hydrogen-bond donors (Lipinski definition) is 2. The van der Waals surface area contributed by atoms with E-state index in [1.165, 1.54) is 25.3 Å². The number of aryl methyl sites for hydroxylation is 2. The second kappa shape index (κ2) is 9.93. The molecule has 0 aliphatic carbocycles. The lowest BCUT2D eigenvalue weighted by atomic mass is 10.1. The summed E-state index contributed by atoms with van der Waals surface area (Å²) >= 11 is 6.20. The van der Waals surface area contributed by atoms with Crippen LogP contribution >= 0.6 is 11.6 Å². The van der Waals surface area contributed by atoms with Gasteiger partial charge in [-0.3, -0.25) is 9.52 Å². The number of nitrogens with one attached hydrogen (secondary N) is 2. The van der Waals surface area contributed by atoms with Crippen molar-refractivity contribution in [1.29, 1.82) is 0 Å². The van der Waals surface area contributed by atoms with E-state index in [1.54, 1.807) is 24.3 Å². The summed E-state index contributed by atoms with van der Waals surface area (Å²) in [5.41, 5.74) is 3.12. The van der Waals surface area contributed by atoms with Crippen molar-refractivity contribution in [3.63, 3.8) is 0 Å². The first kappa shape index (κ1) is 23.4. The quantitative estimate of drug-likeness (QED) is 0.490. The molecule has 0 saturated carbocycles. The molecule has 32 heavy (non-hydrogen) atoms. The Kier molecular flexibility index (Phi) is 7.27. The summed E-state index contributed by atoms with van der Waals surface area (Å²) in [4.78, 5) is 12.2. The highest BCUT2D eigenvalue weighted by atomic mass is 35.5. The van der Waals surface area contributed by atoms with Gasteiger partial charge in [0, 0.05) is 11.4 Å². The molecule has 2 N–H and O–H groups in total. The summed E-state index contributed by atoms with van der Waals surface area (Å²) in [6.07, 6.45) is 0. The highest BCUT2D eigenvalue weighted by Gasteiger charge is 2.17. The van der Waals surface area contributed by atoms with Crippen molar-refractivity contribution in [3.05, 3.63) is 76.8 Å². The van der Waals surface area contributed by atoms with Gasteiger partial charge in [-0.2, -0.15) is 0 Å². The smallest absolute Gasteiger partial charge is 0.262 e. The number of methoxy groups -OCH3 is 1. The average Bonchev–Trinajstić information content (AvgIpc) is 2.72. The molecule has 0 radical (unpaired) electrons. The number of benzene rings is 3. The van der Waals surface area contributed by atoms with Crippen molar-refractivity contribution >= 4 is 38.9 Å². The van der Waals surface area contributed by atoms with Crippen LogP contribution in [0.15, 0.2) is 65.6 Å². The monoisotopic (exact) mass is 474 g/mol. The third kappa shape index (κ3) is 6.15. The van der Waals surface area contributed by atoms with E-state index < -0.39 is 10.0 Å². The van der Waals surface area contributed by atoms with E-state index in [9.17, 15) is 13.2 Å². The Morgan fingerprint density at radius 2 is 1.59 bits per heavy atom. The van der Waals surface area contributed by atoms with Crippen molar-refractivity contribution in [3.8, 4) is 11.5 Å². The van der Waals surface area contributed by atoms with Crippen LogP contribution in [0.2, 0.25) is 5.02 Å². The first-order chi connectivity index (χ1) is 15.2. The number of sulfonamides is 1. The number of halogens is 1. The van der Waals surface area contributed by atoms with E-state index in [0.717, 1.165) is 11.1 Å². The Balaban J connectivity index is 1.64. The molecule has 0 bridgehead atoms. The lowest BCUT2D eigenvalue weighted by Gasteiger charge is -2.12. The molecule has 9 heteroatoms.